The van der Waals surface area contributed by atoms with Gasteiger partial charge in [0.25, 0.3) is 0 Å². The molecule has 5 N–H and O–H groups in total. The lowest BCUT2D eigenvalue weighted by Crippen LogP contribution is -2.40. The maximum absolute atomic E-state index is 10.3. The molecule has 0 radical (unpaired) electrons. The lowest BCUT2D eigenvalue weighted by atomic mass is 9.72. The molecule has 202 valence electrons. The monoisotopic (exact) mass is 537 g/mol. The third-order valence-corrected chi connectivity index (χ3v) is 6.75. The molecule has 3 aromatic heterocycles. The summed E-state index contributed by atoms with van der Waals surface area (Å²) in [5, 5.41) is 26.9. The van der Waals surface area contributed by atoms with Crippen LogP contribution in [0.4, 0.5) is 5.82 Å². The highest BCUT2D eigenvalue weighted by atomic mass is 16.4. The number of fused-ring (bicyclic) bond motifs is 2. The second-order valence-electron chi connectivity index (χ2n) is 9.93. The van der Waals surface area contributed by atoms with E-state index in [0.29, 0.717) is 30.8 Å². The smallest absolute Gasteiger partial charge is 0.328 e. The fourth-order valence-corrected chi connectivity index (χ4v) is 4.94. The van der Waals surface area contributed by atoms with Crippen LogP contribution in [0, 0.1) is 0 Å². The van der Waals surface area contributed by atoms with Crippen molar-refractivity contribution >= 4 is 34.2 Å². The number of benzene rings is 2. The van der Waals surface area contributed by atoms with Crippen LogP contribution >= 0.6 is 0 Å². The first-order chi connectivity index (χ1) is 19.1. The average Bonchev–Trinajstić information content (AvgIpc) is 3.31. The SMILES string of the molecule is C[C@]1(O)C[C@H](c2nc(-c3ccc4ccc(-c5ccccc5)nc4c3)c3c(N)nccn32)C1.O=C(O)C=CC(=O)O. The van der Waals surface area contributed by atoms with Gasteiger partial charge < -0.3 is 21.1 Å². The van der Waals surface area contributed by atoms with Crippen molar-refractivity contribution in [1.82, 2.24) is 19.4 Å². The number of pyridine rings is 1. The van der Waals surface area contributed by atoms with Crippen molar-refractivity contribution < 1.29 is 24.9 Å². The standard InChI is InChI=1S/C26H23N5O.C4H4O4/c1-26(32)14-19(15-26)25-30-22(23-24(27)28-11-12-31(23)25)18-8-7-17-9-10-20(29-21(17)13-18)16-5-3-2-4-6-16;5-3(6)1-2-4(7)8/h2-13,19,32H,14-15H2,1H3,(H2,27,28);1-2H,(H,5,6)(H,7,8)/t19-,26-;. The number of hydrogen-bond acceptors (Lipinski definition) is 7. The Labute approximate surface area is 229 Å². The van der Waals surface area contributed by atoms with Gasteiger partial charge in [-0.25, -0.2) is 24.5 Å². The molecule has 0 spiro atoms. The molecule has 0 unspecified atom stereocenters. The van der Waals surface area contributed by atoms with Gasteiger partial charge in [-0.2, -0.15) is 0 Å². The number of aromatic nitrogens is 4. The topological polar surface area (TPSA) is 164 Å². The van der Waals surface area contributed by atoms with Crippen LogP contribution in [-0.2, 0) is 9.59 Å². The zero-order chi connectivity index (χ0) is 28.4. The highest BCUT2D eigenvalue weighted by Crippen LogP contribution is 2.45. The summed E-state index contributed by atoms with van der Waals surface area (Å²) in [6.07, 6.45) is 6.09. The highest BCUT2D eigenvalue weighted by molar-refractivity contribution is 5.91. The van der Waals surface area contributed by atoms with E-state index >= 15 is 0 Å². The van der Waals surface area contributed by atoms with Crippen molar-refractivity contribution in [2.75, 3.05) is 5.73 Å². The van der Waals surface area contributed by atoms with Crippen molar-refractivity contribution in [3.63, 3.8) is 0 Å². The maximum atomic E-state index is 10.3. The molecule has 10 heteroatoms. The molecule has 0 atom stereocenters. The van der Waals surface area contributed by atoms with Crippen molar-refractivity contribution in [3.8, 4) is 22.5 Å². The second kappa shape index (κ2) is 10.6. The van der Waals surface area contributed by atoms with Gasteiger partial charge in [-0.1, -0.05) is 48.5 Å². The van der Waals surface area contributed by atoms with Crippen molar-refractivity contribution in [1.29, 1.82) is 0 Å². The molecular weight excluding hydrogens is 510 g/mol. The fourth-order valence-electron chi connectivity index (χ4n) is 4.94. The zero-order valence-corrected chi connectivity index (χ0v) is 21.6. The van der Waals surface area contributed by atoms with E-state index in [0.717, 1.165) is 44.8 Å². The molecule has 3 heterocycles. The first-order valence-electron chi connectivity index (χ1n) is 12.6. The Morgan fingerprint density at radius 2 is 1.65 bits per heavy atom. The van der Waals surface area contributed by atoms with Gasteiger partial charge in [0.15, 0.2) is 0 Å². The van der Waals surface area contributed by atoms with Crippen LogP contribution in [-0.4, -0.2) is 52.2 Å². The highest BCUT2D eigenvalue weighted by Gasteiger charge is 2.41. The number of carboxylic acid groups (broad SMARTS) is 2. The number of hydrogen-bond donors (Lipinski definition) is 4. The molecular formula is C30H27N5O5. The van der Waals surface area contributed by atoms with Crippen LogP contribution in [0.3, 0.4) is 0 Å². The minimum absolute atomic E-state index is 0.191. The minimum Gasteiger partial charge on any atom is -0.478 e. The number of nitrogens with two attached hydrogens (primary N) is 1. The number of nitrogens with zero attached hydrogens (tertiary/aromatic N) is 4. The molecule has 40 heavy (non-hydrogen) atoms. The van der Waals surface area contributed by atoms with E-state index < -0.39 is 17.5 Å². The van der Waals surface area contributed by atoms with E-state index in [4.69, 9.17) is 25.9 Å². The molecule has 1 aliphatic carbocycles. The van der Waals surface area contributed by atoms with Crippen molar-refractivity contribution in [3.05, 3.63) is 91.0 Å². The summed E-state index contributed by atoms with van der Waals surface area (Å²) >= 11 is 0. The Morgan fingerprint density at radius 1 is 0.975 bits per heavy atom. The molecule has 1 fully saturated rings. The Balaban J connectivity index is 0.000000355. The van der Waals surface area contributed by atoms with Gasteiger partial charge in [0.05, 0.1) is 16.8 Å². The van der Waals surface area contributed by atoms with E-state index in [-0.39, 0.29) is 5.92 Å². The number of nitrogen functional groups attached to an aromatic ring is 1. The number of anilines is 1. The van der Waals surface area contributed by atoms with Crippen LogP contribution in [0.15, 0.2) is 85.2 Å². The maximum Gasteiger partial charge on any atom is 0.328 e. The van der Waals surface area contributed by atoms with Crippen LogP contribution in [0.5, 0.6) is 0 Å². The summed E-state index contributed by atoms with van der Waals surface area (Å²) in [6, 6.07) is 20.5. The summed E-state index contributed by atoms with van der Waals surface area (Å²) in [6.45, 7) is 1.87. The third-order valence-electron chi connectivity index (χ3n) is 6.75. The van der Waals surface area contributed by atoms with Crippen LogP contribution in [0.1, 0.15) is 31.5 Å². The van der Waals surface area contributed by atoms with Crippen LogP contribution in [0.25, 0.3) is 38.9 Å². The van der Waals surface area contributed by atoms with Gasteiger partial charge in [0.2, 0.25) is 0 Å². The number of carboxylic acids is 2. The van der Waals surface area contributed by atoms with Crippen molar-refractivity contribution in [2.24, 2.45) is 0 Å². The largest absolute Gasteiger partial charge is 0.478 e. The number of aliphatic carboxylic acids is 2. The van der Waals surface area contributed by atoms with Gasteiger partial charge >= 0.3 is 11.9 Å². The quantitative estimate of drug-likeness (QED) is 0.236. The Hall–Kier alpha value is -5.09. The molecule has 0 aliphatic heterocycles. The number of carbonyl (C=O) groups is 2. The first-order valence-corrected chi connectivity index (χ1v) is 12.6. The Bertz CT molecular complexity index is 1740. The van der Waals surface area contributed by atoms with Crippen LogP contribution in [0.2, 0.25) is 0 Å². The van der Waals surface area contributed by atoms with E-state index in [9.17, 15) is 14.7 Å². The molecule has 1 saturated carbocycles. The summed E-state index contributed by atoms with van der Waals surface area (Å²) in [5.41, 5.74) is 11.1. The molecule has 10 nitrogen and oxygen atoms in total. The number of rotatable bonds is 5. The summed E-state index contributed by atoms with van der Waals surface area (Å²) < 4.78 is 2.02. The van der Waals surface area contributed by atoms with Gasteiger partial charge in [0.1, 0.15) is 22.9 Å². The number of aliphatic hydroxyl groups is 1. The average molecular weight is 538 g/mol. The molecule has 0 amide bonds. The van der Waals surface area contributed by atoms with E-state index in [1.807, 2.05) is 41.8 Å². The third kappa shape index (κ3) is 5.52. The summed E-state index contributed by atoms with van der Waals surface area (Å²) in [5.74, 6) is -0.962. The zero-order valence-electron chi connectivity index (χ0n) is 21.6. The fraction of sp³-hybridized carbons (Fsp3) is 0.167. The Morgan fingerprint density at radius 3 is 2.30 bits per heavy atom. The first kappa shape index (κ1) is 26.5. The lowest BCUT2D eigenvalue weighted by molar-refractivity contribution is -0.134. The van der Waals surface area contributed by atoms with Gasteiger partial charge in [-0.15, -0.1) is 0 Å². The normalized spacial score (nSPS) is 18.3. The molecule has 6 rings (SSSR count). The molecule has 5 aromatic rings. The van der Waals surface area contributed by atoms with Gasteiger partial charge in [-0.05, 0) is 31.9 Å². The van der Waals surface area contributed by atoms with Gasteiger partial charge in [-0.3, -0.25) is 4.40 Å². The summed E-state index contributed by atoms with van der Waals surface area (Å²) in [4.78, 5) is 33.3. The minimum atomic E-state index is -1.26. The Kier molecular flexibility index (Phi) is 7.02. The molecule has 1 aliphatic rings. The summed E-state index contributed by atoms with van der Waals surface area (Å²) in [7, 11) is 0. The van der Waals surface area contributed by atoms with E-state index in [2.05, 4.69) is 41.4 Å². The van der Waals surface area contributed by atoms with E-state index in [1.54, 1.807) is 6.20 Å². The lowest BCUT2D eigenvalue weighted by Gasteiger charge is -2.40. The van der Waals surface area contributed by atoms with Crippen molar-refractivity contribution in [2.45, 2.75) is 31.3 Å². The van der Waals surface area contributed by atoms with Gasteiger partial charge in [0, 0.05) is 47.0 Å². The number of imidazole rings is 1. The van der Waals surface area contributed by atoms with E-state index in [1.165, 1.54) is 0 Å². The molecule has 0 saturated heterocycles. The molecule has 2 aromatic carbocycles. The molecule has 0 bridgehead atoms. The predicted octanol–water partition coefficient (Wildman–Crippen LogP) is 4.53. The predicted molar refractivity (Wildman–Crippen MR) is 151 cm³/mol. The van der Waals surface area contributed by atoms with Crippen LogP contribution < -0.4 is 5.73 Å². The second-order valence-corrected chi connectivity index (χ2v) is 9.93.